The van der Waals surface area contributed by atoms with E-state index in [4.69, 9.17) is 4.74 Å². The summed E-state index contributed by atoms with van der Waals surface area (Å²) in [5, 5.41) is 2.97. The first-order valence-electron chi connectivity index (χ1n) is 8.43. The fourth-order valence-corrected chi connectivity index (χ4v) is 2.80. The lowest BCUT2D eigenvalue weighted by molar-refractivity contribution is 0.0947. The van der Waals surface area contributed by atoms with E-state index in [2.05, 4.69) is 25.1 Å². The third-order valence-corrected chi connectivity index (χ3v) is 4.27. The summed E-state index contributed by atoms with van der Waals surface area (Å²) in [7, 11) is 1.61. The van der Waals surface area contributed by atoms with Gasteiger partial charge in [-0.3, -0.25) is 9.69 Å². The van der Waals surface area contributed by atoms with Gasteiger partial charge >= 0.3 is 0 Å². The van der Waals surface area contributed by atoms with Crippen molar-refractivity contribution in [3.05, 3.63) is 48.3 Å². The van der Waals surface area contributed by atoms with Crippen LogP contribution in [0.5, 0.6) is 5.75 Å². The minimum atomic E-state index is -0.0565. The Kier molecular flexibility index (Phi) is 5.79. The van der Waals surface area contributed by atoms with Crippen LogP contribution >= 0.6 is 0 Å². The van der Waals surface area contributed by atoms with Gasteiger partial charge in [0.25, 0.3) is 5.91 Å². The second kappa shape index (κ2) is 8.43. The number of rotatable bonds is 6. The lowest BCUT2D eigenvalue weighted by Gasteiger charge is -2.34. The van der Waals surface area contributed by atoms with Gasteiger partial charge in [-0.15, -0.1) is 0 Å². The highest BCUT2D eigenvalue weighted by molar-refractivity contribution is 5.94. The number of methoxy groups -OCH3 is 1. The Morgan fingerprint density at radius 1 is 1.12 bits per heavy atom. The number of amides is 1. The van der Waals surface area contributed by atoms with Crippen molar-refractivity contribution in [2.24, 2.45) is 0 Å². The predicted octanol–water partition coefficient (Wildman–Crippen LogP) is 1.04. The first-order chi connectivity index (χ1) is 12.3. The Morgan fingerprint density at radius 2 is 1.80 bits per heavy atom. The molecule has 1 aromatic heterocycles. The van der Waals surface area contributed by atoms with E-state index in [9.17, 15) is 4.79 Å². The molecule has 25 heavy (non-hydrogen) atoms. The summed E-state index contributed by atoms with van der Waals surface area (Å²) in [4.78, 5) is 25.2. The first-order valence-corrected chi connectivity index (χ1v) is 8.43. The third kappa shape index (κ3) is 4.67. The van der Waals surface area contributed by atoms with Crippen LogP contribution in [0.1, 0.15) is 10.4 Å². The molecule has 0 radical (unpaired) electrons. The maximum Gasteiger partial charge on any atom is 0.251 e. The Balaban J connectivity index is 1.39. The Morgan fingerprint density at radius 3 is 2.44 bits per heavy atom. The molecule has 1 aliphatic heterocycles. The van der Waals surface area contributed by atoms with E-state index in [0.717, 1.165) is 44.4 Å². The maximum absolute atomic E-state index is 12.1. The van der Waals surface area contributed by atoms with Crippen LogP contribution in [0.4, 0.5) is 5.95 Å². The van der Waals surface area contributed by atoms with Crippen LogP contribution in [0, 0.1) is 0 Å². The van der Waals surface area contributed by atoms with E-state index in [1.165, 1.54) is 0 Å². The number of aromatic nitrogens is 2. The monoisotopic (exact) mass is 341 g/mol. The van der Waals surface area contributed by atoms with Crippen LogP contribution in [0.3, 0.4) is 0 Å². The van der Waals surface area contributed by atoms with Gasteiger partial charge in [0.05, 0.1) is 7.11 Å². The molecule has 0 spiro atoms. The number of carbonyl (C=O) groups excluding carboxylic acids is 1. The summed E-state index contributed by atoms with van der Waals surface area (Å²) in [6.45, 7) is 5.15. The zero-order chi connectivity index (χ0) is 17.5. The zero-order valence-electron chi connectivity index (χ0n) is 14.4. The second-order valence-corrected chi connectivity index (χ2v) is 5.86. The molecule has 7 nitrogen and oxygen atoms in total. The van der Waals surface area contributed by atoms with Crippen molar-refractivity contribution in [3.8, 4) is 5.75 Å². The molecule has 2 heterocycles. The second-order valence-electron chi connectivity index (χ2n) is 5.86. The molecule has 1 aliphatic rings. The van der Waals surface area contributed by atoms with Crippen molar-refractivity contribution >= 4 is 11.9 Å². The summed E-state index contributed by atoms with van der Waals surface area (Å²) in [6.07, 6.45) is 3.53. The topological polar surface area (TPSA) is 70.6 Å². The van der Waals surface area contributed by atoms with Crippen LogP contribution in [0.15, 0.2) is 42.7 Å². The molecule has 3 rings (SSSR count). The van der Waals surface area contributed by atoms with Gasteiger partial charge in [-0.25, -0.2) is 9.97 Å². The molecule has 7 heteroatoms. The summed E-state index contributed by atoms with van der Waals surface area (Å²) in [6, 6.07) is 8.95. The summed E-state index contributed by atoms with van der Waals surface area (Å²) < 4.78 is 5.10. The highest BCUT2D eigenvalue weighted by Gasteiger charge is 2.18. The lowest BCUT2D eigenvalue weighted by Crippen LogP contribution is -2.49. The fourth-order valence-electron chi connectivity index (χ4n) is 2.80. The highest BCUT2D eigenvalue weighted by atomic mass is 16.5. The van der Waals surface area contributed by atoms with E-state index in [0.29, 0.717) is 12.1 Å². The van der Waals surface area contributed by atoms with Gasteiger partial charge in [-0.05, 0) is 30.3 Å². The van der Waals surface area contributed by atoms with Gasteiger partial charge in [0.15, 0.2) is 0 Å². The van der Waals surface area contributed by atoms with E-state index in [1.807, 2.05) is 6.07 Å². The van der Waals surface area contributed by atoms with E-state index in [-0.39, 0.29) is 5.91 Å². The van der Waals surface area contributed by atoms with Gasteiger partial charge in [-0.2, -0.15) is 0 Å². The van der Waals surface area contributed by atoms with Crippen molar-refractivity contribution in [1.82, 2.24) is 20.2 Å². The Hall–Kier alpha value is -2.67. The van der Waals surface area contributed by atoms with Gasteiger partial charge in [-0.1, -0.05) is 0 Å². The molecule has 0 saturated carbocycles. The van der Waals surface area contributed by atoms with Crippen LogP contribution in [0.2, 0.25) is 0 Å². The van der Waals surface area contributed by atoms with Gasteiger partial charge in [0.1, 0.15) is 5.75 Å². The van der Waals surface area contributed by atoms with E-state index in [1.54, 1.807) is 43.8 Å². The minimum Gasteiger partial charge on any atom is -0.497 e. The SMILES string of the molecule is COc1ccc(C(=O)NCCN2CCN(c3ncccn3)CC2)cc1. The fraction of sp³-hybridized carbons (Fsp3) is 0.389. The highest BCUT2D eigenvalue weighted by Crippen LogP contribution is 2.11. The van der Waals surface area contributed by atoms with Crippen molar-refractivity contribution in [1.29, 1.82) is 0 Å². The number of carbonyl (C=O) groups is 1. The van der Waals surface area contributed by atoms with Gasteiger partial charge < -0.3 is 15.0 Å². The van der Waals surface area contributed by atoms with Crippen molar-refractivity contribution in [2.75, 3.05) is 51.3 Å². The first kappa shape index (κ1) is 17.2. The number of benzene rings is 1. The largest absolute Gasteiger partial charge is 0.497 e. The van der Waals surface area contributed by atoms with Crippen LogP contribution in [0.25, 0.3) is 0 Å². The normalized spacial score (nSPS) is 15.0. The standard InChI is InChI=1S/C18H23N5O2/c1-25-16-5-3-15(4-6-16)17(24)19-9-10-22-11-13-23(14-12-22)18-20-7-2-8-21-18/h2-8H,9-14H2,1H3,(H,19,24). The number of hydrogen-bond donors (Lipinski definition) is 1. The minimum absolute atomic E-state index is 0.0565. The van der Waals surface area contributed by atoms with Crippen LogP contribution in [-0.4, -0.2) is 67.2 Å². The number of nitrogens with one attached hydrogen (secondary N) is 1. The van der Waals surface area contributed by atoms with Crippen molar-refractivity contribution < 1.29 is 9.53 Å². The van der Waals surface area contributed by atoms with Crippen LogP contribution < -0.4 is 15.0 Å². The molecular weight excluding hydrogens is 318 g/mol. The number of hydrogen-bond acceptors (Lipinski definition) is 6. The Labute approximate surface area is 147 Å². The van der Waals surface area contributed by atoms with Crippen molar-refractivity contribution in [2.45, 2.75) is 0 Å². The number of nitrogens with zero attached hydrogens (tertiary/aromatic N) is 4. The molecule has 1 amide bonds. The molecule has 0 unspecified atom stereocenters. The van der Waals surface area contributed by atoms with E-state index >= 15 is 0 Å². The number of piperazine rings is 1. The van der Waals surface area contributed by atoms with E-state index < -0.39 is 0 Å². The molecule has 132 valence electrons. The maximum atomic E-state index is 12.1. The molecular formula is C18H23N5O2. The summed E-state index contributed by atoms with van der Waals surface area (Å²) in [5.74, 6) is 1.48. The molecule has 0 atom stereocenters. The molecule has 1 saturated heterocycles. The summed E-state index contributed by atoms with van der Waals surface area (Å²) >= 11 is 0. The number of ether oxygens (including phenoxy) is 1. The Bertz CT molecular complexity index is 670. The molecule has 1 fully saturated rings. The molecule has 0 bridgehead atoms. The molecule has 1 aromatic carbocycles. The molecule has 0 aliphatic carbocycles. The van der Waals surface area contributed by atoms with Crippen molar-refractivity contribution in [3.63, 3.8) is 0 Å². The smallest absolute Gasteiger partial charge is 0.251 e. The van der Waals surface area contributed by atoms with Crippen LogP contribution in [-0.2, 0) is 0 Å². The van der Waals surface area contributed by atoms with Gasteiger partial charge in [0, 0.05) is 57.2 Å². The third-order valence-electron chi connectivity index (χ3n) is 4.27. The molecule has 2 aromatic rings. The molecule has 1 N–H and O–H groups in total. The quantitative estimate of drug-likeness (QED) is 0.846. The average molecular weight is 341 g/mol. The summed E-state index contributed by atoms with van der Waals surface area (Å²) in [5.41, 5.74) is 0.645. The number of anilines is 1. The average Bonchev–Trinajstić information content (AvgIpc) is 2.69. The van der Waals surface area contributed by atoms with Gasteiger partial charge in [0.2, 0.25) is 5.95 Å². The predicted molar refractivity (Wildman–Crippen MR) is 96.0 cm³/mol. The lowest BCUT2D eigenvalue weighted by atomic mass is 10.2. The zero-order valence-corrected chi connectivity index (χ0v) is 14.4.